The van der Waals surface area contributed by atoms with Gasteiger partial charge in [0.1, 0.15) is 0 Å². The third-order valence-corrected chi connectivity index (χ3v) is 3.80. The maximum atomic E-state index is 5.49. The first-order valence-electron chi connectivity index (χ1n) is 8.33. The van der Waals surface area contributed by atoms with Crippen LogP contribution in [0.1, 0.15) is 61.3 Å². The average molecular weight is 293 g/mol. The Labute approximate surface area is 132 Å². The van der Waals surface area contributed by atoms with Crippen LogP contribution in [0.15, 0.2) is 35.1 Å². The first-order valence-corrected chi connectivity index (χ1v) is 8.33. The van der Waals surface area contributed by atoms with Gasteiger partial charge in [0.05, 0.1) is 0 Å². The number of allylic oxidation sites excluding steroid dienone is 4. The zero-order valence-corrected chi connectivity index (χ0v) is 15.3. The molecule has 0 unspecified atom stereocenters. The molecule has 0 spiro atoms. The van der Waals surface area contributed by atoms with E-state index in [0.717, 1.165) is 38.2 Å². The average Bonchev–Trinajstić information content (AvgIpc) is 2.49. The van der Waals surface area contributed by atoms with Crippen molar-refractivity contribution >= 4 is 0 Å². The normalized spacial score (nSPS) is 15.9. The molecule has 0 amide bonds. The molecule has 0 bridgehead atoms. The van der Waals surface area contributed by atoms with Crippen LogP contribution in [0.25, 0.3) is 0 Å². The van der Waals surface area contributed by atoms with Gasteiger partial charge in [-0.2, -0.15) is 0 Å². The fraction of sp³-hybridized carbons (Fsp3) is 0.684. The van der Waals surface area contributed by atoms with Gasteiger partial charge in [-0.3, -0.25) is 0 Å². The van der Waals surface area contributed by atoms with Crippen molar-refractivity contribution in [2.45, 2.75) is 67.3 Å². The number of ether oxygens (including phenoxy) is 1. The lowest BCUT2D eigenvalue weighted by Crippen LogP contribution is -2.39. The van der Waals surface area contributed by atoms with Crippen molar-refractivity contribution in [3.8, 4) is 0 Å². The predicted molar refractivity (Wildman–Crippen MR) is 94.5 cm³/mol. The second kappa shape index (κ2) is 10.7. The van der Waals surface area contributed by atoms with Crippen LogP contribution in [-0.4, -0.2) is 30.7 Å². The summed E-state index contributed by atoms with van der Waals surface area (Å²) in [6, 6.07) is 0.596. The minimum Gasteiger partial charge on any atom is -0.381 e. The molecular weight excluding hydrogens is 258 g/mol. The topological polar surface area (TPSA) is 12.5 Å². The number of nitrogens with zero attached hydrogens (tertiary/aromatic N) is 1. The third-order valence-electron chi connectivity index (χ3n) is 3.80. The Balaban J connectivity index is 0.00000191. The van der Waals surface area contributed by atoms with Gasteiger partial charge in [0.15, 0.2) is 0 Å². The van der Waals surface area contributed by atoms with Crippen LogP contribution in [0.3, 0.4) is 0 Å². The summed E-state index contributed by atoms with van der Waals surface area (Å²) in [5.74, 6) is 0. The van der Waals surface area contributed by atoms with Gasteiger partial charge in [0.25, 0.3) is 0 Å². The Morgan fingerprint density at radius 3 is 2.05 bits per heavy atom. The van der Waals surface area contributed by atoms with Crippen LogP contribution >= 0.6 is 0 Å². The summed E-state index contributed by atoms with van der Waals surface area (Å²) < 4.78 is 5.49. The minimum atomic E-state index is 0.596. The Morgan fingerprint density at radius 2 is 1.67 bits per heavy atom. The molecule has 2 nitrogen and oxygen atoms in total. The number of rotatable bonds is 5. The van der Waals surface area contributed by atoms with E-state index in [1.807, 2.05) is 13.8 Å². The minimum absolute atomic E-state index is 0.596. The van der Waals surface area contributed by atoms with Crippen LogP contribution in [0.4, 0.5) is 0 Å². The SMILES string of the molecule is C=C(C)/C=C(\C(C)=C(C)C)N(CC)C1CCOCC1.CC. The summed E-state index contributed by atoms with van der Waals surface area (Å²) in [4.78, 5) is 2.53. The second-order valence-electron chi connectivity index (χ2n) is 5.63. The van der Waals surface area contributed by atoms with Crippen LogP contribution in [0.5, 0.6) is 0 Å². The first kappa shape index (κ1) is 20.0. The Bertz CT molecular complexity index is 369. The fourth-order valence-corrected chi connectivity index (χ4v) is 2.52. The lowest BCUT2D eigenvalue weighted by Gasteiger charge is -2.37. The van der Waals surface area contributed by atoms with Crippen molar-refractivity contribution < 1.29 is 4.74 Å². The molecule has 122 valence electrons. The van der Waals surface area contributed by atoms with Gasteiger partial charge >= 0.3 is 0 Å². The number of hydrogen-bond acceptors (Lipinski definition) is 2. The molecule has 0 saturated carbocycles. The monoisotopic (exact) mass is 293 g/mol. The molecule has 0 aromatic heterocycles. The molecule has 1 aliphatic rings. The van der Waals surface area contributed by atoms with E-state index in [-0.39, 0.29) is 0 Å². The van der Waals surface area contributed by atoms with Crippen molar-refractivity contribution in [2.24, 2.45) is 0 Å². The lowest BCUT2D eigenvalue weighted by atomic mass is 10.0. The second-order valence-corrected chi connectivity index (χ2v) is 5.63. The standard InChI is InChI=1S/C17H29NO.C2H6/c1-7-18(16-8-10-19-11-9-16)17(12-13(2)3)15(6)14(4)5;1-2/h12,16H,2,7-11H2,1,3-6H3;1-2H3/b17-12+;. The van der Waals surface area contributed by atoms with E-state index in [0.29, 0.717) is 6.04 Å². The van der Waals surface area contributed by atoms with Gasteiger partial charge in [-0.05, 0) is 59.1 Å². The van der Waals surface area contributed by atoms with E-state index in [9.17, 15) is 0 Å². The van der Waals surface area contributed by atoms with E-state index in [1.165, 1.54) is 16.8 Å². The van der Waals surface area contributed by atoms with Gasteiger partial charge in [-0.25, -0.2) is 0 Å². The lowest BCUT2D eigenvalue weighted by molar-refractivity contribution is 0.0477. The highest BCUT2D eigenvalue weighted by Crippen LogP contribution is 2.26. The van der Waals surface area contributed by atoms with E-state index in [4.69, 9.17) is 4.74 Å². The van der Waals surface area contributed by atoms with E-state index in [1.54, 1.807) is 0 Å². The molecule has 0 atom stereocenters. The molecule has 21 heavy (non-hydrogen) atoms. The molecule has 0 N–H and O–H groups in total. The molecule has 0 aliphatic carbocycles. The summed E-state index contributed by atoms with van der Waals surface area (Å²) in [6.07, 6.45) is 4.47. The van der Waals surface area contributed by atoms with Crippen LogP contribution in [0, 0.1) is 0 Å². The van der Waals surface area contributed by atoms with Gasteiger partial charge in [-0.1, -0.05) is 31.6 Å². The van der Waals surface area contributed by atoms with Crippen molar-refractivity contribution in [3.05, 3.63) is 35.1 Å². The van der Waals surface area contributed by atoms with Crippen LogP contribution < -0.4 is 0 Å². The molecule has 0 aromatic carbocycles. The molecule has 0 radical (unpaired) electrons. The summed E-state index contributed by atoms with van der Waals surface area (Å²) in [7, 11) is 0. The highest BCUT2D eigenvalue weighted by Gasteiger charge is 2.23. The molecule has 1 saturated heterocycles. The quantitative estimate of drug-likeness (QED) is 0.635. The highest BCUT2D eigenvalue weighted by molar-refractivity contribution is 5.36. The summed E-state index contributed by atoms with van der Waals surface area (Å²) in [5.41, 5.74) is 5.19. The Morgan fingerprint density at radius 1 is 1.14 bits per heavy atom. The van der Waals surface area contributed by atoms with Gasteiger partial charge in [-0.15, -0.1) is 0 Å². The van der Waals surface area contributed by atoms with E-state index >= 15 is 0 Å². The summed E-state index contributed by atoms with van der Waals surface area (Å²) in [5, 5.41) is 0. The molecule has 1 fully saturated rings. The summed E-state index contributed by atoms with van der Waals surface area (Å²) in [6.45, 7) is 21.7. The van der Waals surface area contributed by atoms with Crippen molar-refractivity contribution in [1.82, 2.24) is 4.90 Å². The summed E-state index contributed by atoms with van der Waals surface area (Å²) >= 11 is 0. The largest absolute Gasteiger partial charge is 0.381 e. The number of hydrogen-bond donors (Lipinski definition) is 0. The van der Waals surface area contributed by atoms with Crippen LogP contribution in [0.2, 0.25) is 0 Å². The molecule has 1 aliphatic heterocycles. The number of likely N-dealkylation sites (N-methyl/N-ethyl adjacent to an activating group) is 1. The van der Waals surface area contributed by atoms with Crippen molar-refractivity contribution in [2.75, 3.05) is 19.8 Å². The first-order chi connectivity index (χ1) is 9.97. The third kappa shape index (κ3) is 6.52. The fourth-order valence-electron chi connectivity index (χ4n) is 2.52. The zero-order valence-electron chi connectivity index (χ0n) is 15.3. The van der Waals surface area contributed by atoms with Crippen LogP contribution in [-0.2, 0) is 4.74 Å². The van der Waals surface area contributed by atoms with Gasteiger partial charge < -0.3 is 9.64 Å². The van der Waals surface area contributed by atoms with Gasteiger partial charge in [0.2, 0.25) is 0 Å². The maximum Gasteiger partial charge on any atom is 0.0485 e. The Hall–Kier alpha value is -1.02. The Kier molecular flexibility index (Phi) is 10.2. The van der Waals surface area contributed by atoms with E-state index in [2.05, 4.69) is 52.2 Å². The molecule has 2 heteroatoms. The molecular formula is C19H35NO. The van der Waals surface area contributed by atoms with Crippen molar-refractivity contribution in [1.29, 1.82) is 0 Å². The predicted octanol–water partition coefficient (Wildman–Crippen LogP) is 5.33. The highest BCUT2D eigenvalue weighted by atomic mass is 16.5. The van der Waals surface area contributed by atoms with E-state index < -0.39 is 0 Å². The molecule has 1 rings (SSSR count). The molecule has 0 aromatic rings. The van der Waals surface area contributed by atoms with Crippen molar-refractivity contribution in [3.63, 3.8) is 0 Å². The maximum absolute atomic E-state index is 5.49. The smallest absolute Gasteiger partial charge is 0.0485 e. The van der Waals surface area contributed by atoms with Gasteiger partial charge in [0, 0.05) is 31.5 Å². The zero-order chi connectivity index (χ0) is 16.4. The molecule has 1 heterocycles.